The molecule has 1 aliphatic rings. The van der Waals surface area contributed by atoms with E-state index in [0.29, 0.717) is 12.0 Å². The van der Waals surface area contributed by atoms with Gasteiger partial charge in [-0.1, -0.05) is 20.3 Å². The van der Waals surface area contributed by atoms with Gasteiger partial charge in [-0.3, -0.25) is 0 Å². The van der Waals surface area contributed by atoms with E-state index in [-0.39, 0.29) is 12.7 Å². The van der Waals surface area contributed by atoms with Crippen LogP contribution in [0, 0.1) is 5.92 Å². The summed E-state index contributed by atoms with van der Waals surface area (Å²) in [4.78, 5) is 2.55. The third-order valence-electron chi connectivity index (χ3n) is 4.29. The van der Waals surface area contributed by atoms with Crippen molar-refractivity contribution in [3.05, 3.63) is 0 Å². The third-order valence-corrected chi connectivity index (χ3v) is 4.29. The van der Waals surface area contributed by atoms with Crippen molar-refractivity contribution in [2.45, 2.75) is 64.5 Å². The van der Waals surface area contributed by atoms with Crippen molar-refractivity contribution in [3.8, 4) is 0 Å². The molecule has 0 aliphatic carbocycles. The molecule has 120 valence electrons. The highest BCUT2D eigenvalue weighted by Gasteiger charge is 2.27. The summed E-state index contributed by atoms with van der Waals surface area (Å²) in [6.45, 7) is 8.87. The molecular formula is C16H34N2O2. The van der Waals surface area contributed by atoms with Crippen LogP contribution in [0.4, 0.5) is 0 Å². The minimum atomic E-state index is -0.149. The standard InChI is InChI=1S/C16H34N2O2/c1-3-5-8-18-12-14(11-16(20)4-2)10-15(13-18)17-7-6-9-19/h14-17,19-20H,3-13H2,1-2H3. The molecule has 0 aromatic heterocycles. The molecule has 3 atom stereocenters. The smallest absolute Gasteiger partial charge is 0.0540 e. The van der Waals surface area contributed by atoms with E-state index in [1.807, 2.05) is 0 Å². The van der Waals surface area contributed by atoms with Gasteiger partial charge < -0.3 is 20.4 Å². The van der Waals surface area contributed by atoms with Gasteiger partial charge in [0.05, 0.1) is 6.10 Å². The van der Waals surface area contributed by atoms with Gasteiger partial charge in [-0.15, -0.1) is 0 Å². The molecule has 1 fully saturated rings. The van der Waals surface area contributed by atoms with Crippen molar-refractivity contribution < 1.29 is 10.2 Å². The van der Waals surface area contributed by atoms with Gasteiger partial charge >= 0.3 is 0 Å². The molecule has 20 heavy (non-hydrogen) atoms. The van der Waals surface area contributed by atoms with E-state index in [1.54, 1.807) is 0 Å². The molecule has 0 radical (unpaired) electrons. The Hall–Kier alpha value is -0.160. The van der Waals surface area contributed by atoms with Crippen LogP contribution in [0.5, 0.6) is 0 Å². The highest BCUT2D eigenvalue weighted by molar-refractivity contribution is 4.84. The molecule has 0 saturated carbocycles. The maximum Gasteiger partial charge on any atom is 0.0540 e. The molecule has 0 spiro atoms. The van der Waals surface area contributed by atoms with Crippen LogP contribution in [-0.4, -0.2) is 60.0 Å². The summed E-state index contributed by atoms with van der Waals surface area (Å²) >= 11 is 0. The molecule has 0 amide bonds. The lowest BCUT2D eigenvalue weighted by Crippen LogP contribution is -2.50. The summed E-state index contributed by atoms with van der Waals surface area (Å²) in [6, 6.07) is 0.515. The van der Waals surface area contributed by atoms with Gasteiger partial charge in [-0.2, -0.15) is 0 Å². The minimum absolute atomic E-state index is 0.149. The van der Waals surface area contributed by atoms with Crippen LogP contribution in [0.2, 0.25) is 0 Å². The lowest BCUT2D eigenvalue weighted by atomic mass is 9.88. The fraction of sp³-hybridized carbons (Fsp3) is 1.00. The third kappa shape index (κ3) is 7.02. The molecule has 4 nitrogen and oxygen atoms in total. The predicted octanol–water partition coefficient (Wildman–Crippen LogP) is 1.61. The summed E-state index contributed by atoms with van der Waals surface area (Å²) in [5.41, 5.74) is 0. The van der Waals surface area contributed by atoms with Crippen molar-refractivity contribution >= 4 is 0 Å². The molecule has 1 heterocycles. The first-order valence-corrected chi connectivity index (χ1v) is 8.44. The number of unbranched alkanes of at least 4 members (excludes halogenated alkanes) is 1. The predicted molar refractivity (Wildman–Crippen MR) is 83.9 cm³/mol. The van der Waals surface area contributed by atoms with E-state index in [4.69, 9.17) is 5.11 Å². The summed E-state index contributed by atoms with van der Waals surface area (Å²) in [7, 11) is 0. The Morgan fingerprint density at radius 2 is 2.05 bits per heavy atom. The Bertz CT molecular complexity index is 239. The largest absolute Gasteiger partial charge is 0.396 e. The Morgan fingerprint density at radius 3 is 2.70 bits per heavy atom. The van der Waals surface area contributed by atoms with Gasteiger partial charge in [0, 0.05) is 25.7 Å². The zero-order valence-electron chi connectivity index (χ0n) is 13.4. The van der Waals surface area contributed by atoms with E-state index in [0.717, 1.165) is 45.3 Å². The number of piperidine rings is 1. The van der Waals surface area contributed by atoms with Crippen molar-refractivity contribution in [2.75, 3.05) is 32.8 Å². The highest BCUT2D eigenvalue weighted by Crippen LogP contribution is 2.22. The van der Waals surface area contributed by atoms with Crippen molar-refractivity contribution in [1.29, 1.82) is 0 Å². The van der Waals surface area contributed by atoms with Crippen LogP contribution in [-0.2, 0) is 0 Å². The Labute approximate surface area is 124 Å². The average Bonchev–Trinajstić information content (AvgIpc) is 2.45. The normalized spacial score (nSPS) is 25.8. The van der Waals surface area contributed by atoms with Crippen LogP contribution in [0.3, 0.4) is 0 Å². The zero-order valence-corrected chi connectivity index (χ0v) is 13.4. The summed E-state index contributed by atoms with van der Waals surface area (Å²) < 4.78 is 0. The van der Waals surface area contributed by atoms with Crippen molar-refractivity contribution in [2.24, 2.45) is 5.92 Å². The van der Waals surface area contributed by atoms with E-state index in [9.17, 15) is 5.11 Å². The van der Waals surface area contributed by atoms with Gasteiger partial charge in [0.25, 0.3) is 0 Å². The molecule has 4 heteroatoms. The van der Waals surface area contributed by atoms with Gasteiger partial charge in [0.1, 0.15) is 0 Å². The molecule has 1 rings (SSSR count). The van der Waals surface area contributed by atoms with Crippen molar-refractivity contribution in [3.63, 3.8) is 0 Å². The van der Waals surface area contributed by atoms with Crippen LogP contribution in [0.15, 0.2) is 0 Å². The monoisotopic (exact) mass is 286 g/mol. The van der Waals surface area contributed by atoms with E-state index < -0.39 is 0 Å². The molecule has 0 aromatic rings. The second kappa shape index (κ2) is 10.6. The molecule has 3 unspecified atom stereocenters. The Kier molecular flexibility index (Phi) is 9.44. The Balaban J connectivity index is 2.43. The second-order valence-corrected chi connectivity index (χ2v) is 6.24. The molecule has 0 bridgehead atoms. The maximum atomic E-state index is 9.90. The SMILES string of the molecule is CCCCN1CC(CC(O)CC)CC(NCCCO)C1. The maximum absolute atomic E-state index is 9.90. The lowest BCUT2D eigenvalue weighted by molar-refractivity contribution is 0.0829. The summed E-state index contributed by atoms with van der Waals surface area (Å²) in [5, 5.41) is 22.4. The van der Waals surface area contributed by atoms with Crippen LogP contribution in [0.1, 0.15) is 52.4 Å². The Morgan fingerprint density at radius 1 is 1.25 bits per heavy atom. The second-order valence-electron chi connectivity index (χ2n) is 6.24. The van der Waals surface area contributed by atoms with E-state index in [1.165, 1.54) is 19.4 Å². The minimum Gasteiger partial charge on any atom is -0.396 e. The summed E-state index contributed by atoms with van der Waals surface area (Å²) in [5.74, 6) is 0.599. The molecule has 1 aliphatic heterocycles. The molecule has 0 aromatic carbocycles. The van der Waals surface area contributed by atoms with Crippen LogP contribution < -0.4 is 5.32 Å². The molecule has 1 saturated heterocycles. The molecule has 3 N–H and O–H groups in total. The lowest BCUT2D eigenvalue weighted by Gasteiger charge is -2.39. The first-order valence-electron chi connectivity index (χ1n) is 8.44. The number of likely N-dealkylation sites (tertiary alicyclic amines) is 1. The van der Waals surface area contributed by atoms with Crippen LogP contribution >= 0.6 is 0 Å². The first-order chi connectivity index (χ1) is 9.69. The molecular weight excluding hydrogens is 252 g/mol. The number of rotatable bonds is 10. The summed E-state index contributed by atoms with van der Waals surface area (Å²) in [6.07, 6.45) is 6.11. The van der Waals surface area contributed by atoms with Crippen molar-refractivity contribution in [1.82, 2.24) is 10.2 Å². The quantitative estimate of drug-likeness (QED) is 0.534. The number of hydrogen-bond acceptors (Lipinski definition) is 4. The highest BCUT2D eigenvalue weighted by atomic mass is 16.3. The van der Waals surface area contributed by atoms with E-state index in [2.05, 4.69) is 24.1 Å². The number of aliphatic hydroxyl groups excluding tert-OH is 2. The van der Waals surface area contributed by atoms with Gasteiger partial charge in [0.15, 0.2) is 0 Å². The fourth-order valence-electron chi connectivity index (χ4n) is 3.12. The van der Waals surface area contributed by atoms with Crippen LogP contribution in [0.25, 0.3) is 0 Å². The number of nitrogens with one attached hydrogen (secondary N) is 1. The fourth-order valence-corrected chi connectivity index (χ4v) is 3.12. The number of hydrogen-bond donors (Lipinski definition) is 3. The average molecular weight is 286 g/mol. The number of aliphatic hydroxyl groups is 2. The topological polar surface area (TPSA) is 55.7 Å². The van der Waals surface area contributed by atoms with Gasteiger partial charge in [-0.05, 0) is 51.1 Å². The van der Waals surface area contributed by atoms with Gasteiger partial charge in [-0.25, -0.2) is 0 Å². The van der Waals surface area contributed by atoms with E-state index >= 15 is 0 Å². The first kappa shape index (κ1) is 17.9. The van der Waals surface area contributed by atoms with Gasteiger partial charge in [0.2, 0.25) is 0 Å². The zero-order chi connectivity index (χ0) is 14.8. The number of nitrogens with zero attached hydrogens (tertiary/aromatic N) is 1.